The normalized spacial score (nSPS) is 9.29. The van der Waals surface area contributed by atoms with Crippen LogP contribution in [0.3, 0.4) is 0 Å². The molecule has 0 radical (unpaired) electrons. The minimum Gasteiger partial charge on any atom is -0.481 e. The molecule has 28 heavy (non-hydrogen) atoms. The first-order valence-electron chi connectivity index (χ1n) is 8.36. The Morgan fingerprint density at radius 1 is 0.857 bits per heavy atom. The van der Waals surface area contributed by atoms with Gasteiger partial charge >= 0.3 is 23.0 Å². The van der Waals surface area contributed by atoms with Gasteiger partial charge in [0.2, 0.25) is 5.91 Å². The molecule has 0 spiro atoms. The van der Waals surface area contributed by atoms with Crippen LogP contribution in [0.2, 0.25) is 0 Å². The summed E-state index contributed by atoms with van der Waals surface area (Å²) in [4.78, 5) is 33.7. The van der Waals surface area contributed by atoms with E-state index in [9.17, 15) is 14.4 Å². The Hall–Kier alpha value is -3.15. The Morgan fingerprint density at radius 2 is 1.39 bits per heavy atom. The molecule has 2 amide bonds. The summed E-state index contributed by atoms with van der Waals surface area (Å²) in [6.07, 6.45) is -0.287. The second-order valence-corrected chi connectivity index (χ2v) is 5.61. The number of carbonyl (C=O) groups is 3. The first-order valence-corrected chi connectivity index (χ1v) is 8.36. The van der Waals surface area contributed by atoms with Gasteiger partial charge in [0.05, 0.1) is 6.42 Å². The molecule has 0 aromatic heterocycles. The third kappa shape index (κ3) is 8.49. The molecular formula is C21H20FeN2O4. The molecule has 0 aliphatic carbocycles. The average Bonchev–Trinajstić information content (AvgIpc) is 3.37. The molecule has 0 saturated carbocycles. The second-order valence-electron chi connectivity index (χ2n) is 5.61. The maximum atomic E-state index is 11.9. The summed E-state index contributed by atoms with van der Waals surface area (Å²) >= 11 is 0. The molecule has 146 valence electrons. The molecule has 7 heteroatoms. The van der Waals surface area contributed by atoms with Crippen LogP contribution in [0.1, 0.15) is 23.2 Å². The van der Waals surface area contributed by atoms with E-state index in [4.69, 9.17) is 5.11 Å². The van der Waals surface area contributed by atoms with Crippen LogP contribution in [0.25, 0.3) is 0 Å². The molecule has 0 aliphatic rings. The van der Waals surface area contributed by atoms with Gasteiger partial charge < -0.3 is 15.7 Å². The number of carboxylic acid groups (broad SMARTS) is 1. The van der Waals surface area contributed by atoms with E-state index in [0.29, 0.717) is 16.9 Å². The fraction of sp³-hybridized carbons (Fsp3) is 0.0952. The van der Waals surface area contributed by atoms with Crippen LogP contribution in [-0.2, 0) is 26.7 Å². The van der Waals surface area contributed by atoms with E-state index >= 15 is 0 Å². The van der Waals surface area contributed by atoms with Gasteiger partial charge in [-0.2, -0.15) is 30.3 Å². The summed E-state index contributed by atoms with van der Waals surface area (Å²) in [5.74, 6) is -1.58. The number of anilines is 2. The molecule has 6 nitrogen and oxygen atoms in total. The number of carbonyl (C=O) groups excluding carboxylic acids is 2. The first kappa shape index (κ1) is 22.9. The first-order chi connectivity index (χ1) is 13.0. The van der Waals surface area contributed by atoms with Crippen molar-refractivity contribution < 1.29 is 36.6 Å². The monoisotopic (exact) mass is 420 g/mol. The van der Waals surface area contributed by atoms with Gasteiger partial charge in [0.15, 0.2) is 5.91 Å². The standard InChI is InChI=1S/C16H15N2O4.C5H5.Fe/c19-14(9-10-15(20)21)17-12-5-7-13(8-6-12)18-16(22)11-3-1-2-4-11;1-2-4-5-3-1;/h1-8H,9-10H2,(H,17,19)(H,18,22)(H,20,21);1-5H;/q2*-1;+2. The van der Waals surface area contributed by atoms with Gasteiger partial charge in [-0.15, -0.1) is 0 Å². The summed E-state index contributed by atoms with van der Waals surface area (Å²) in [7, 11) is 0. The zero-order valence-corrected chi connectivity index (χ0v) is 16.0. The maximum Gasteiger partial charge on any atom is 2.00 e. The van der Waals surface area contributed by atoms with E-state index in [2.05, 4.69) is 10.6 Å². The van der Waals surface area contributed by atoms with Crippen molar-refractivity contribution in [2.24, 2.45) is 0 Å². The quantitative estimate of drug-likeness (QED) is 0.417. The number of amides is 2. The zero-order valence-electron chi connectivity index (χ0n) is 14.9. The molecule has 0 heterocycles. The third-order valence-electron chi connectivity index (χ3n) is 3.47. The number of carboxylic acids is 1. The van der Waals surface area contributed by atoms with Gasteiger partial charge in [-0.25, -0.2) is 24.3 Å². The van der Waals surface area contributed by atoms with Crippen molar-refractivity contribution in [1.82, 2.24) is 0 Å². The molecule has 3 aromatic rings. The molecule has 3 N–H and O–H groups in total. The number of benzene rings is 1. The van der Waals surface area contributed by atoms with Crippen LogP contribution in [0.15, 0.2) is 78.9 Å². The van der Waals surface area contributed by atoms with Gasteiger partial charge in [0.1, 0.15) is 0 Å². The SMILES string of the molecule is O=C(O)CCC(=O)Nc1ccc(NC(=O)[c-]2cccc2)cc1.[Fe+2].c1cc[cH-]c1. The van der Waals surface area contributed by atoms with Crippen LogP contribution >= 0.6 is 0 Å². The molecule has 0 bridgehead atoms. The van der Waals surface area contributed by atoms with Gasteiger partial charge in [0, 0.05) is 17.8 Å². The van der Waals surface area contributed by atoms with Crippen molar-refractivity contribution in [2.45, 2.75) is 12.8 Å². The maximum absolute atomic E-state index is 11.9. The fourth-order valence-electron chi connectivity index (χ4n) is 2.13. The molecule has 0 saturated heterocycles. The van der Waals surface area contributed by atoms with Gasteiger partial charge in [-0.3, -0.25) is 14.4 Å². The number of hydrogen-bond acceptors (Lipinski definition) is 3. The van der Waals surface area contributed by atoms with E-state index in [-0.39, 0.29) is 41.7 Å². The topological polar surface area (TPSA) is 95.5 Å². The van der Waals surface area contributed by atoms with Crippen LogP contribution in [-0.4, -0.2) is 22.9 Å². The summed E-state index contributed by atoms with van der Waals surface area (Å²) in [5.41, 5.74) is 1.72. The fourth-order valence-corrected chi connectivity index (χ4v) is 2.13. The van der Waals surface area contributed by atoms with Gasteiger partial charge in [-0.05, 0) is 24.3 Å². The Kier molecular flexibility index (Phi) is 10.0. The Balaban J connectivity index is 0.000000567. The van der Waals surface area contributed by atoms with E-state index in [1.165, 1.54) is 0 Å². The largest absolute Gasteiger partial charge is 2.00 e. The average molecular weight is 420 g/mol. The zero-order chi connectivity index (χ0) is 19.5. The Bertz CT molecular complexity index is 824. The molecule has 0 atom stereocenters. The molecule has 0 unspecified atom stereocenters. The predicted molar refractivity (Wildman–Crippen MR) is 104 cm³/mol. The number of rotatable bonds is 6. The van der Waals surface area contributed by atoms with Crippen molar-refractivity contribution in [1.29, 1.82) is 0 Å². The number of aliphatic carboxylic acids is 1. The van der Waals surface area contributed by atoms with E-state index in [1.807, 2.05) is 30.3 Å². The van der Waals surface area contributed by atoms with E-state index in [1.54, 1.807) is 48.5 Å². The predicted octanol–water partition coefficient (Wildman–Crippen LogP) is 3.86. The Morgan fingerprint density at radius 3 is 1.86 bits per heavy atom. The van der Waals surface area contributed by atoms with E-state index in [0.717, 1.165) is 0 Å². The smallest absolute Gasteiger partial charge is 0.481 e. The van der Waals surface area contributed by atoms with Crippen LogP contribution in [0.5, 0.6) is 0 Å². The van der Waals surface area contributed by atoms with Crippen molar-refractivity contribution in [2.75, 3.05) is 10.6 Å². The third-order valence-corrected chi connectivity index (χ3v) is 3.47. The Labute approximate surface area is 173 Å². The van der Waals surface area contributed by atoms with Crippen LogP contribution in [0, 0.1) is 0 Å². The molecule has 3 rings (SSSR count). The van der Waals surface area contributed by atoms with Crippen molar-refractivity contribution in [3.8, 4) is 0 Å². The molecular weight excluding hydrogens is 400 g/mol. The summed E-state index contributed by atoms with van der Waals surface area (Å²) in [5, 5.41) is 13.8. The molecule has 0 aliphatic heterocycles. The molecule has 3 aromatic carbocycles. The summed E-state index contributed by atoms with van der Waals surface area (Å²) < 4.78 is 0. The van der Waals surface area contributed by atoms with Gasteiger partial charge in [-0.1, -0.05) is 5.56 Å². The number of nitrogens with one attached hydrogen (secondary N) is 2. The minimum absolute atomic E-state index is 0. The van der Waals surface area contributed by atoms with Crippen LogP contribution in [0.4, 0.5) is 11.4 Å². The van der Waals surface area contributed by atoms with Crippen molar-refractivity contribution in [3.05, 3.63) is 84.4 Å². The molecule has 0 fully saturated rings. The number of hydrogen-bond donors (Lipinski definition) is 3. The van der Waals surface area contributed by atoms with Crippen molar-refractivity contribution >= 4 is 29.2 Å². The van der Waals surface area contributed by atoms with Crippen molar-refractivity contribution in [3.63, 3.8) is 0 Å². The van der Waals surface area contributed by atoms with E-state index < -0.39 is 5.97 Å². The minimum atomic E-state index is -1.01. The van der Waals surface area contributed by atoms with Gasteiger partial charge in [0.25, 0.3) is 0 Å². The second kappa shape index (κ2) is 12.3. The summed E-state index contributed by atoms with van der Waals surface area (Å²) in [6, 6.07) is 23.6. The summed E-state index contributed by atoms with van der Waals surface area (Å²) in [6.45, 7) is 0. The van der Waals surface area contributed by atoms with Crippen LogP contribution < -0.4 is 10.6 Å².